The van der Waals surface area contributed by atoms with Crippen LogP contribution in [0.4, 0.5) is 5.69 Å². The Hall–Kier alpha value is -0.800. The van der Waals surface area contributed by atoms with Crippen LogP contribution in [0.15, 0.2) is 34.3 Å². The fourth-order valence-electron chi connectivity index (χ4n) is 2.08. The molecule has 0 bridgehead atoms. The van der Waals surface area contributed by atoms with Gasteiger partial charge >= 0.3 is 0 Å². The third-order valence-corrected chi connectivity index (χ3v) is 3.41. The van der Waals surface area contributed by atoms with E-state index in [1.165, 1.54) is 11.1 Å². The summed E-state index contributed by atoms with van der Waals surface area (Å²) < 4.78 is 1.04. The summed E-state index contributed by atoms with van der Waals surface area (Å²) in [5.41, 5.74) is 9.56. The lowest BCUT2D eigenvalue weighted by Crippen LogP contribution is -2.29. The van der Waals surface area contributed by atoms with E-state index in [0.29, 0.717) is 0 Å². The van der Waals surface area contributed by atoms with E-state index in [1.54, 1.807) is 0 Å². The predicted molar refractivity (Wildman–Crippen MR) is 72.2 cm³/mol. The van der Waals surface area contributed by atoms with Gasteiger partial charge in [-0.15, -0.1) is 0 Å². The van der Waals surface area contributed by atoms with E-state index in [0.717, 1.165) is 36.2 Å². The first kappa shape index (κ1) is 11.7. The van der Waals surface area contributed by atoms with E-state index in [1.807, 2.05) is 6.07 Å². The van der Waals surface area contributed by atoms with Gasteiger partial charge in [-0.1, -0.05) is 33.6 Å². The van der Waals surface area contributed by atoms with Crippen LogP contribution in [0.3, 0.4) is 0 Å². The SMILES string of the molecule is CC1=CCCN(Cc2ccc(Br)cc2N)C1. The largest absolute Gasteiger partial charge is 0.398 e. The lowest BCUT2D eigenvalue weighted by Gasteiger charge is -2.26. The second-order valence-corrected chi connectivity index (χ2v) is 5.31. The Balaban J connectivity index is 2.06. The summed E-state index contributed by atoms with van der Waals surface area (Å²) in [6.07, 6.45) is 3.48. The van der Waals surface area contributed by atoms with Crippen molar-refractivity contribution in [3.05, 3.63) is 39.9 Å². The first-order valence-electron chi connectivity index (χ1n) is 5.57. The Labute approximate surface area is 105 Å². The zero-order chi connectivity index (χ0) is 11.5. The summed E-state index contributed by atoms with van der Waals surface area (Å²) in [7, 11) is 0. The molecule has 0 atom stereocenters. The third-order valence-electron chi connectivity index (χ3n) is 2.91. The molecule has 1 aromatic rings. The lowest BCUT2D eigenvalue weighted by atomic mass is 10.1. The zero-order valence-electron chi connectivity index (χ0n) is 9.54. The number of rotatable bonds is 2. The van der Waals surface area contributed by atoms with Crippen molar-refractivity contribution in [2.24, 2.45) is 0 Å². The quantitative estimate of drug-likeness (QED) is 0.666. The van der Waals surface area contributed by atoms with Crippen LogP contribution in [0.1, 0.15) is 18.9 Å². The molecule has 0 saturated heterocycles. The predicted octanol–water partition coefficient (Wildman–Crippen LogP) is 3.18. The van der Waals surface area contributed by atoms with E-state index < -0.39 is 0 Å². The average Bonchev–Trinajstić information content (AvgIpc) is 2.22. The van der Waals surface area contributed by atoms with Crippen molar-refractivity contribution in [2.45, 2.75) is 19.9 Å². The van der Waals surface area contributed by atoms with Crippen LogP contribution in [-0.4, -0.2) is 18.0 Å². The molecule has 0 amide bonds. The molecule has 3 heteroatoms. The van der Waals surface area contributed by atoms with Crippen molar-refractivity contribution >= 4 is 21.6 Å². The average molecular weight is 281 g/mol. The second kappa shape index (κ2) is 5.02. The molecule has 0 fully saturated rings. The van der Waals surface area contributed by atoms with Gasteiger partial charge in [-0.05, 0) is 31.0 Å². The molecule has 0 aliphatic carbocycles. The van der Waals surface area contributed by atoms with Crippen LogP contribution in [0.5, 0.6) is 0 Å². The van der Waals surface area contributed by atoms with Crippen LogP contribution >= 0.6 is 15.9 Å². The minimum Gasteiger partial charge on any atom is -0.398 e. The summed E-state index contributed by atoms with van der Waals surface area (Å²) in [5, 5.41) is 0. The highest BCUT2D eigenvalue weighted by Gasteiger charge is 2.11. The van der Waals surface area contributed by atoms with E-state index in [2.05, 4.69) is 46.0 Å². The van der Waals surface area contributed by atoms with Crippen molar-refractivity contribution in [2.75, 3.05) is 18.8 Å². The molecular formula is C13H17BrN2. The van der Waals surface area contributed by atoms with E-state index in [-0.39, 0.29) is 0 Å². The highest BCUT2D eigenvalue weighted by atomic mass is 79.9. The third kappa shape index (κ3) is 2.86. The summed E-state index contributed by atoms with van der Waals surface area (Å²) in [6.45, 7) is 5.34. The highest BCUT2D eigenvalue weighted by molar-refractivity contribution is 9.10. The molecular weight excluding hydrogens is 264 g/mol. The highest BCUT2D eigenvalue weighted by Crippen LogP contribution is 2.21. The number of hydrogen-bond acceptors (Lipinski definition) is 2. The van der Waals surface area contributed by atoms with Gasteiger partial charge in [-0.3, -0.25) is 4.90 Å². The van der Waals surface area contributed by atoms with E-state index in [9.17, 15) is 0 Å². The Morgan fingerprint density at radius 3 is 2.94 bits per heavy atom. The molecule has 16 heavy (non-hydrogen) atoms. The van der Waals surface area contributed by atoms with Gasteiger partial charge < -0.3 is 5.73 Å². The van der Waals surface area contributed by atoms with Gasteiger partial charge in [0.2, 0.25) is 0 Å². The summed E-state index contributed by atoms with van der Waals surface area (Å²) >= 11 is 3.43. The molecule has 1 aliphatic heterocycles. The Morgan fingerprint density at radius 2 is 2.25 bits per heavy atom. The van der Waals surface area contributed by atoms with Crippen LogP contribution < -0.4 is 5.73 Å². The molecule has 2 rings (SSSR count). The smallest absolute Gasteiger partial charge is 0.0371 e. The van der Waals surface area contributed by atoms with Crippen molar-refractivity contribution in [1.82, 2.24) is 4.90 Å². The molecule has 0 unspecified atom stereocenters. The lowest BCUT2D eigenvalue weighted by molar-refractivity contribution is 0.283. The normalized spacial score (nSPS) is 17.2. The fourth-order valence-corrected chi connectivity index (χ4v) is 2.45. The van der Waals surface area contributed by atoms with Crippen LogP contribution in [0.25, 0.3) is 0 Å². The molecule has 2 nitrogen and oxygen atoms in total. The number of nitrogen functional groups attached to an aromatic ring is 1. The Bertz CT molecular complexity index is 412. The van der Waals surface area contributed by atoms with Crippen molar-refractivity contribution < 1.29 is 0 Å². The molecule has 0 aromatic heterocycles. The Morgan fingerprint density at radius 1 is 1.44 bits per heavy atom. The van der Waals surface area contributed by atoms with E-state index >= 15 is 0 Å². The summed E-state index contributed by atoms with van der Waals surface area (Å²) in [4.78, 5) is 2.44. The molecule has 1 heterocycles. The Kier molecular flexibility index (Phi) is 3.66. The van der Waals surface area contributed by atoms with Gasteiger partial charge in [0.15, 0.2) is 0 Å². The first-order chi connectivity index (χ1) is 7.65. The molecule has 0 radical (unpaired) electrons. The topological polar surface area (TPSA) is 29.3 Å². The maximum atomic E-state index is 6.00. The second-order valence-electron chi connectivity index (χ2n) is 4.39. The van der Waals surface area contributed by atoms with Crippen LogP contribution in [0, 0.1) is 0 Å². The summed E-state index contributed by atoms with van der Waals surface area (Å²) in [6, 6.07) is 6.13. The number of hydrogen-bond donors (Lipinski definition) is 1. The first-order valence-corrected chi connectivity index (χ1v) is 6.36. The number of benzene rings is 1. The molecule has 0 saturated carbocycles. The van der Waals surface area contributed by atoms with Gasteiger partial charge in [0, 0.05) is 29.8 Å². The minimum absolute atomic E-state index is 0.876. The van der Waals surface area contributed by atoms with Crippen molar-refractivity contribution in [1.29, 1.82) is 0 Å². The molecule has 2 N–H and O–H groups in total. The molecule has 0 spiro atoms. The number of nitrogens with two attached hydrogens (primary N) is 1. The standard InChI is InChI=1S/C13H17BrN2/c1-10-3-2-6-16(8-10)9-11-4-5-12(14)7-13(11)15/h3-5,7H,2,6,8-9,15H2,1H3. The molecule has 86 valence electrons. The molecule has 1 aliphatic rings. The van der Waals surface area contributed by atoms with Gasteiger partial charge in [0.05, 0.1) is 0 Å². The summed E-state index contributed by atoms with van der Waals surface area (Å²) in [5.74, 6) is 0. The van der Waals surface area contributed by atoms with Crippen molar-refractivity contribution in [3.63, 3.8) is 0 Å². The number of nitrogens with zero attached hydrogens (tertiary/aromatic N) is 1. The number of halogens is 1. The minimum atomic E-state index is 0.876. The fraction of sp³-hybridized carbons (Fsp3) is 0.385. The van der Waals surface area contributed by atoms with Crippen LogP contribution in [-0.2, 0) is 6.54 Å². The van der Waals surface area contributed by atoms with Gasteiger partial charge in [0.25, 0.3) is 0 Å². The maximum Gasteiger partial charge on any atom is 0.0371 e. The van der Waals surface area contributed by atoms with Gasteiger partial charge in [-0.2, -0.15) is 0 Å². The van der Waals surface area contributed by atoms with Crippen molar-refractivity contribution in [3.8, 4) is 0 Å². The maximum absolute atomic E-state index is 6.00. The van der Waals surface area contributed by atoms with E-state index in [4.69, 9.17) is 5.73 Å². The monoisotopic (exact) mass is 280 g/mol. The zero-order valence-corrected chi connectivity index (χ0v) is 11.1. The van der Waals surface area contributed by atoms with Gasteiger partial charge in [0.1, 0.15) is 0 Å². The van der Waals surface area contributed by atoms with Gasteiger partial charge in [-0.25, -0.2) is 0 Å². The number of anilines is 1. The molecule has 1 aromatic carbocycles. The van der Waals surface area contributed by atoms with Crippen LogP contribution in [0.2, 0.25) is 0 Å².